The summed E-state index contributed by atoms with van der Waals surface area (Å²) in [6.45, 7) is 7.95. The smallest absolute Gasteiger partial charge is 0.209 e. The van der Waals surface area contributed by atoms with E-state index in [0.717, 1.165) is 13.1 Å². The molecule has 2 fully saturated rings. The highest BCUT2D eigenvalue weighted by Gasteiger charge is 2.42. The molecule has 2 unspecified atom stereocenters. The van der Waals surface area contributed by atoms with Gasteiger partial charge in [-0.3, -0.25) is 4.90 Å². The van der Waals surface area contributed by atoms with Crippen LogP contribution in [0.2, 0.25) is 0 Å². The van der Waals surface area contributed by atoms with E-state index in [4.69, 9.17) is 0 Å². The SMILES string of the molecule is CCNC1CC2CCC(C1)N2CC(C)(C)NS(C)(=O)=O. The molecule has 0 spiro atoms. The van der Waals surface area contributed by atoms with Gasteiger partial charge >= 0.3 is 0 Å². The number of sulfonamides is 1. The summed E-state index contributed by atoms with van der Waals surface area (Å²) in [6, 6.07) is 1.86. The average Bonchev–Trinajstić information content (AvgIpc) is 2.51. The van der Waals surface area contributed by atoms with Crippen LogP contribution in [0.1, 0.15) is 46.5 Å². The lowest BCUT2D eigenvalue weighted by atomic mass is 9.94. The van der Waals surface area contributed by atoms with Gasteiger partial charge in [0.15, 0.2) is 0 Å². The highest BCUT2D eigenvalue weighted by molar-refractivity contribution is 7.88. The van der Waals surface area contributed by atoms with Crippen LogP contribution < -0.4 is 10.0 Å². The zero-order valence-corrected chi connectivity index (χ0v) is 14.0. The third kappa shape index (κ3) is 4.16. The van der Waals surface area contributed by atoms with E-state index in [2.05, 4.69) is 21.9 Å². The van der Waals surface area contributed by atoms with Crippen molar-refractivity contribution in [2.75, 3.05) is 19.3 Å². The monoisotopic (exact) mass is 303 g/mol. The molecule has 0 aromatic rings. The minimum absolute atomic E-state index is 0.403. The number of fused-ring (bicyclic) bond motifs is 2. The van der Waals surface area contributed by atoms with Crippen LogP contribution in [0.4, 0.5) is 0 Å². The molecule has 6 heteroatoms. The van der Waals surface area contributed by atoms with E-state index in [1.165, 1.54) is 31.9 Å². The molecule has 0 radical (unpaired) electrons. The Bertz CT molecular complexity index is 422. The first-order valence-electron chi connectivity index (χ1n) is 7.68. The maximum Gasteiger partial charge on any atom is 0.209 e. The summed E-state index contributed by atoms with van der Waals surface area (Å²) < 4.78 is 25.7. The predicted octanol–water partition coefficient (Wildman–Crippen LogP) is 0.919. The number of rotatable bonds is 6. The van der Waals surface area contributed by atoms with Crippen LogP contribution in [0.3, 0.4) is 0 Å². The van der Waals surface area contributed by atoms with E-state index >= 15 is 0 Å². The summed E-state index contributed by atoms with van der Waals surface area (Å²) in [6.07, 6.45) is 6.13. The Balaban J connectivity index is 1.98. The lowest BCUT2D eigenvalue weighted by Crippen LogP contribution is -2.57. The van der Waals surface area contributed by atoms with Gasteiger partial charge in [-0.05, 0) is 46.1 Å². The number of nitrogens with zero attached hydrogens (tertiary/aromatic N) is 1. The highest BCUT2D eigenvalue weighted by Crippen LogP contribution is 2.36. The van der Waals surface area contributed by atoms with Crippen LogP contribution in [-0.4, -0.2) is 56.3 Å². The fourth-order valence-electron chi connectivity index (χ4n) is 3.98. The van der Waals surface area contributed by atoms with Gasteiger partial charge in [0.25, 0.3) is 0 Å². The largest absolute Gasteiger partial charge is 0.314 e. The molecular weight excluding hydrogens is 274 g/mol. The van der Waals surface area contributed by atoms with E-state index in [1.54, 1.807) is 0 Å². The summed E-state index contributed by atoms with van der Waals surface area (Å²) in [7, 11) is -3.16. The fraction of sp³-hybridized carbons (Fsp3) is 1.00. The zero-order valence-electron chi connectivity index (χ0n) is 13.1. The molecular formula is C14H29N3O2S. The van der Waals surface area contributed by atoms with Crippen LogP contribution in [0.15, 0.2) is 0 Å². The summed E-state index contributed by atoms with van der Waals surface area (Å²) >= 11 is 0. The maximum absolute atomic E-state index is 11.5. The first-order chi connectivity index (χ1) is 9.20. The molecule has 2 rings (SSSR count). The van der Waals surface area contributed by atoms with Crippen molar-refractivity contribution in [3.63, 3.8) is 0 Å². The lowest BCUT2D eigenvalue weighted by Gasteiger charge is -2.43. The second-order valence-corrected chi connectivity index (χ2v) is 8.79. The Hall–Kier alpha value is -0.170. The van der Waals surface area contributed by atoms with E-state index in [1.807, 2.05) is 13.8 Å². The van der Waals surface area contributed by atoms with E-state index < -0.39 is 15.6 Å². The summed E-state index contributed by atoms with van der Waals surface area (Å²) in [4.78, 5) is 2.53. The van der Waals surface area contributed by atoms with Crippen LogP contribution in [0, 0.1) is 0 Å². The molecule has 2 aliphatic heterocycles. The number of nitrogens with one attached hydrogen (secondary N) is 2. The normalized spacial score (nSPS) is 31.7. The van der Waals surface area contributed by atoms with Gasteiger partial charge in [0.2, 0.25) is 10.0 Å². The second kappa shape index (κ2) is 5.91. The summed E-state index contributed by atoms with van der Waals surface area (Å²) in [5.74, 6) is 0. The highest BCUT2D eigenvalue weighted by atomic mass is 32.2. The van der Waals surface area contributed by atoms with E-state index in [9.17, 15) is 8.42 Å². The molecule has 0 amide bonds. The zero-order chi connectivity index (χ0) is 15.0. The molecule has 2 atom stereocenters. The van der Waals surface area contributed by atoms with Crippen molar-refractivity contribution in [2.24, 2.45) is 0 Å². The number of hydrogen-bond donors (Lipinski definition) is 2. The summed E-state index contributed by atoms with van der Waals surface area (Å²) in [5, 5.41) is 3.57. The summed E-state index contributed by atoms with van der Waals surface area (Å²) in [5.41, 5.74) is -0.403. The van der Waals surface area contributed by atoms with Gasteiger partial charge in [-0.1, -0.05) is 6.92 Å². The minimum atomic E-state index is -3.16. The van der Waals surface area contributed by atoms with Crippen molar-refractivity contribution in [3.8, 4) is 0 Å². The van der Waals surface area contributed by atoms with Crippen molar-refractivity contribution >= 4 is 10.0 Å². The Morgan fingerprint density at radius 1 is 1.20 bits per heavy atom. The van der Waals surface area contributed by atoms with Gasteiger partial charge in [-0.2, -0.15) is 0 Å². The Morgan fingerprint density at radius 2 is 1.75 bits per heavy atom. The van der Waals surface area contributed by atoms with Crippen molar-refractivity contribution in [2.45, 2.75) is 70.1 Å². The Morgan fingerprint density at radius 3 is 2.20 bits per heavy atom. The third-order valence-electron chi connectivity index (χ3n) is 4.42. The first kappa shape index (κ1) is 16.2. The van der Waals surface area contributed by atoms with Gasteiger partial charge in [-0.25, -0.2) is 13.1 Å². The van der Waals surface area contributed by atoms with E-state index in [0.29, 0.717) is 18.1 Å². The standard InChI is InChI=1S/C14H29N3O2S/c1-5-15-11-8-12-6-7-13(9-11)17(12)10-14(2,3)16-20(4,18)19/h11-13,15-16H,5-10H2,1-4H3. The van der Waals surface area contributed by atoms with Crippen LogP contribution in [0.5, 0.6) is 0 Å². The van der Waals surface area contributed by atoms with Gasteiger partial charge in [0.1, 0.15) is 0 Å². The molecule has 0 aromatic heterocycles. The van der Waals surface area contributed by atoms with Crippen molar-refractivity contribution in [1.82, 2.24) is 14.9 Å². The quantitative estimate of drug-likeness (QED) is 0.766. The molecule has 2 N–H and O–H groups in total. The van der Waals surface area contributed by atoms with Crippen LogP contribution in [-0.2, 0) is 10.0 Å². The minimum Gasteiger partial charge on any atom is -0.314 e. The van der Waals surface area contributed by atoms with Gasteiger partial charge in [0, 0.05) is 30.2 Å². The van der Waals surface area contributed by atoms with Crippen LogP contribution in [0.25, 0.3) is 0 Å². The molecule has 20 heavy (non-hydrogen) atoms. The predicted molar refractivity (Wildman–Crippen MR) is 82.3 cm³/mol. The molecule has 0 saturated carbocycles. The molecule has 2 aliphatic rings. The Kier molecular flexibility index (Phi) is 4.79. The number of hydrogen-bond acceptors (Lipinski definition) is 4. The number of piperidine rings is 1. The fourth-order valence-corrected chi connectivity index (χ4v) is 5.05. The molecule has 0 aliphatic carbocycles. The molecule has 0 aromatic carbocycles. The molecule has 2 heterocycles. The van der Waals surface area contributed by atoms with Gasteiger partial charge in [-0.15, -0.1) is 0 Å². The van der Waals surface area contributed by atoms with Crippen molar-refractivity contribution < 1.29 is 8.42 Å². The molecule has 2 bridgehead atoms. The second-order valence-electron chi connectivity index (χ2n) is 7.04. The average molecular weight is 303 g/mol. The van der Waals surface area contributed by atoms with Crippen LogP contribution >= 0.6 is 0 Å². The van der Waals surface area contributed by atoms with Crippen molar-refractivity contribution in [1.29, 1.82) is 0 Å². The topological polar surface area (TPSA) is 61.4 Å². The molecule has 118 valence electrons. The van der Waals surface area contributed by atoms with Gasteiger partial charge in [0.05, 0.1) is 6.26 Å². The van der Waals surface area contributed by atoms with Crippen molar-refractivity contribution in [3.05, 3.63) is 0 Å². The lowest BCUT2D eigenvalue weighted by molar-refractivity contribution is 0.0929. The maximum atomic E-state index is 11.5. The Labute approximate surface area is 123 Å². The molecule has 5 nitrogen and oxygen atoms in total. The molecule has 2 saturated heterocycles. The van der Waals surface area contributed by atoms with Gasteiger partial charge < -0.3 is 5.32 Å². The first-order valence-corrected chi connectivity index (χ1v) is 9.57. The third-order valence-corrected chi connectivity index (χ3v) is 5.34. The van der Waals surface area contributed by atoms with E-state index in [-0.39, 0.29) is 0 Å².